The van der Waals surface area contributed by atoms with E-state index in [1.54, 1.807) is 6.20 Å². The van der Waals surface area contributed by atoms with Crippen LogP contribution in [-0.4, -0.2) is 34.1 Å². The van der Waals surface area contributed by atoms with Crippen molar-refractivity contribution in [2.24, 2.45) is 0 Å². The molecule has 1 fully saturated rings. The van der Waals surface area contributed by atoms with Crippen molar-refractivity contribution in [3.8, 4) is 0 Å². The van der Waals surface area contributed by atoms with Crippen molar-refractivity contribution in [3.63, 3.8) is 0 Å². The lowest BCUT2D eigenvalue weighted by Gasteiger charge is -2.14. The van der Waals surface area contributed by atoms with Crippen LogP contribution >= 0.6 is 0 Å². The summed E-state index contributed by atoms with van der Waals surface area (Å²) in [6.07, 6.45) is 4.01. The van der Waals surface area contributed by atoms with E-state index >= 15 is 0 Å². The normalized spacial score (nSPS) is 15.9. The van der Waals surface area contributed by atoms with E-state index in [1.807, 2.05) is 23.1 Å². The summed E-state index contributed by atoms with van der Waals surface area (Å²) in [6.45, 7) is 1.78. The molecule has 0 saturated carbocycles. The van der Waals surface area contributed by atoms with E-state index in [2.05, 4.69) is 10.2 Å². The Balaban J connectivity index is 1.95. The predicted octanol–water partition coefficient (Wildman–Crippen LogP) is 1.80. The van der Waals surface area contributed by atoms with Gasteiger partial charge < -0.3 is 4.90 Å². The summed E-state index contributed by atoms with van der Waals surface area (Å²) in [4.78, 5) is 14.0. The number of nitrogens with zero attached hydrogens (tertiary/aromatic N) is 2. The summed E-state index contributed by atoms with van der Waals surface area (Å²) in [7, 11) is 0. The molecule has 1 saturated heterocycles. The molecule has 0 spiro atoms. The monoisotopic (exact) mass is 215 g/mol. The molecule has 2 heterocycles. The average molecular weight is 215 g/mol. The number of hydrogen-bond donors (Lipinski definition) is 1. The Kier molecular flexibility index (Phi) is 2.13. The molecule has 16 heavy (non-hydrogen) atoms. The summed E-state index contributed by atoms with van der Waals surface area (Å²) in [5.74, 6) is 0.133. The largest absolute Gasteiger partial charge is 0.339 e. The first kappa shape index (κ1) is 9.39. The number of rotatable bonds is 1. The van der Waals surface area contributed by atoms with E-state index in [4.69, 9.17) is 0 Å². The predicted molar refractivity (Wildman–Crippen MR) is 61.2 cm³/mol. The van der Waals surface area contributed by atoms with Gasteiger partial charge in [-0.2, -0.15) is 5.10 Å². The minimum absolute atomic E-state index is 0.133. The van der Waals surface area contributed by atoms with Crippen molar-refractivity contribution in [3.05, 3.63) is 30.0 Å². The average Bonchev–Trinajstić information content (AvgIpc) is 2.98. The molecular weight excluding hydrogens is 202 g/mol. The molecule has 1 aliphatic heterocycles. The number of amides is 1. The fourth-order valence-corrected chi connectivity index (χ4v) is 2.17. The molecule has 1 aliphatic rings. The third-order valence-electron chi connectivity index (χ3n) is 3.08. The fourth-order valence-electron chi connectivity index (χ4n) is 2.17. The molecule has 4 nitrogen and oxygen atoms in total. The molecule has 1 amide bonds. The number of benzene rings is 1. The second-order valence-corrected chi connectivity index (χ2v) is 4.17. The molecule has 4 heteroatoms. The van der Waals surface area contributed by atoms with Crippen LogP contribution in [0.4, 0.5) is 0 Å². The minimum atomic E-state index is 0.133. The number of hydrogen-bond acceptors (Lipinski definition) is 2. The zero-order chi connectivity index (χ0) is 11.0. The minimum Gasteiger partial charge on any atom is -0.339 e. The van der Waals surface area contributed by atoms with Gasteiger partial charge in [0, 0.05) is 24.0 Å². The Morgan fingerprint density at radius 1 is 1.31 bits per heavy atom. The molecular formula is C12H13N3O. The molecule has 3 rings (SSSR count). The lowest BCUT2D eigenvalue weighted by atomic mass is 10.1. The van der Waals surface area contributed by atoms with Crippen LogP contribution < -0.4 is 0 Å². The van der Waals surface area contributed by atoms with Crippen LogP contribution in [0, 0.1) is 0 Å². The van der Waals surface area contributed by atoms with Crippen LogP contribution in [0.3, 0.4) is 0 Å². The van der Waals surface area contributed by atoms with Crippen molar-refractivity contribution in [2.75, 3.05) is 13.1 Å². The lowest BCUT2D eigenvalue weighted by Crippen LogP contribution is -2.27. The van der Waals surface area contributed by atoms with E-state index in [9.17, 15) is 4.79 Å². The number of carbonyl (C=O) groups excluding carboxylic acids is 1. The second-order valence-electron chi connectivity index (χ2n) is 4.17. The number of aromatic nitrogens is 2. The van der Waals surface area contributed by atoms with Crippen LogP contribution in [0.25, 0.3) is 10.9 Å². The van der Waals surface area contributed by atoms with Gasteiger partial charge in [-0.05, 0) is 25.0 Å². The lowest BCUT2D eigenvalue weighted by molar-refractivity contribution is 0.0793. The van der Waals surface area contributed by atoms with E-state index in [0.29, 0.717) is 0 Å². The SMILES string of the molecule is O=C(c1ccc2cn[nH]c2c1)N1CCCC1. The Labute approximate surface area is 93.3 Å². The molecule has 0 atom stereocenters. The van der Waals surface area contributed by atoms with Gasteiger partial charge in [0.1, 0.15) is 0 Å². The Hall–Kier alpha value is -1.84. The first-order valence-corrected chi connectivity index (χ1v) is 5.57. The zero-order valence-corrected chi connectivity index (χ0v) is 8.94. The number of likely N-dealkylation sites (tertiary alicyclic amines) is 1. The Bertz CT molecular complexity index is 526. The van der Waals surface area contributed by atoms with Crippen LogP contribution in [0.15, 0.2) is 24.4 Å². The number of carbonyl (C=O) groups is 1. The highest BCUT2D eigenvalue weighted by Gasteiger charge is 2.19. The van der Waals surface area contributed by atoms with Gasteiger partial charge in [0.05, 0.1) is 11.7 Å². The molecule has 0 unspecified atom stereocenters. The van der Waals surface area contributed by atoms with Crippen LogP contribution in [0.5, 0.6) is 0 Å². The second kappa shape index (κ2) is 3.63. The topological polar surface area (TPSA) is 49.0 Å². The van der Waals surface area contributed by atoms with Crippen molar-refractivity contribution in [2.45, 2.75) is 12.8 Å². The third kappa shape index (κ3) is 1.46. The van der Waals surface area contributed by atoms with E-state index < -0.39 is 0 Å². The first-order valence-electron chi connectivity index (χ1n) is 5.57. The quantitative estimate of drug-likeness (QED) is 0.788. The highest BCUT2D eigenvalue weighted by Crippen LogP contribution is 2.17. The van der Waals surface area contributed by atoms with E-state index in [1.165, 1.54) is 0 Å². The summed E-state index contributed by atoms with van der Waals surface area (Å²) in [5, 5.41) is 7.87. The van der Waals surface area contributed by atoms with Crippen molar-refractivity contribution in [1.29, 1.82) is 0 Å². The zero-order valence-electron chi connectivity index (χ0n) is 8.94. The molecule has 2 aromatic rings. The van der Waals surface area contributed by atoms with Gasteiger partial charge in [0.2, 0.25) is 0 Å². The highest BCUT2D eigenvalue weighted by atomic mass is 16.2. The summed E-state index contributed by atoms with van der Waals surface area (Å²) >= 11 is 0. The molecule has 82 valence electrons. The van der Waals surface area contributed by atoms with Gasteiger partial charge in [-0.3, -0.25) is 9.89 Å². The molecule has 0 radical (unpaired) electrons. The molecule has 0 bridgehead atoms. The Morgan fingerprint density at radius 3 is 2.94 bits per heavy atom. The Morgan fingerprint density at radius 2 is 2.12 bits per heavy atom. The van der Waals surface area contributed by atoms with Gasteiger partial charge in [0.25, 0.3) is 5.91 Å². The van der Waals surface area contributed by atoms with E-state index in [-0.39, 0.29) is 5.91 Å². The standard InChI is InChI=1S/C12H13N3O/c16-12(15-5-1-2-6-15)9-3-4-10-8-13-14-11(10)7-9/h3-4,7-8H,1-2,5-6H2,(H,13,14). The number of H-pyrrole nitrogens is 1. The molecule has 1 N–H and O–H groups in total. The summed E-state index contributed by atoms with van der Waals surface area (Å²) in [5.41, 5.74) is 1.67. The third-order valence-corrected chi connectivity index (χ3v) is 3.08. The van der Waals surface area contributed by atoms with Gasteiger partial charge in [-0.25, -0.2) is 0 Å². The van der Waals surface area contributed by atoms with E-state index in [0.717, 1.165) is 42.4 Å². The maximum atomic E-state index is 12.1. The maximum absolute atomic E-state index is 12.1. The van der Waals surface area contributed by atoms with Crippen molar-refractivity contribution >= 4 is 16.8 Å². The summed E-state index contributed by atoms with van der Waals surface area (Å²) in [6, 6.07) is 5.68. The first-order chi connectivity index (χ1) is 7.84. The fraction of sp³-hybridized carbons (Fsp3) is 0.333. The van der Waals surface area contributed by atoms with Crippen LogP contribution in [-0.2, 0) is 0 Å². The van der Waals surface area contributed by atoms with Gasteiger partial charge >= 0.3 is 0 Å². The van der Waals surface area contributed by atoms with Crippen LogP contribution in [0.2, 0.25) is 0 Å². The highest BCUT2D eigenvalue weighted by molar-refractivity contribution is 5.97. The number of fused-ring (bicyclic) bond motifs is 1. The molecule has 1 aromatic heterocycles. The van der Waals surface area contributed by atoms with Crippen LogP contribution in [0.1, 0.15) is 23.2 Å². The molecule has 1 aromatic carbocycles. The summed E-state index contributed by atoms with van der Waals surface area (Å²) < 4.78 is 0. The maximum Gasteiger partial charge on any atom is 0.253 e. The van der Waals surface area contributed by atoms with Gasteiger partial charge in [0.15, 0.2) is 0 Å². The van der Waals surface area contributed by atoms with Gasteiger partial charge in [-0.15, -0.1) is 0 Å². The van der Waals surface area contributed by atoms with Crippen molar-refractivity contribution < 1.29 is 4.79 Å². The smallest absolute Gasteiger partial charge is 0.253 e. The molecule has 0 aliphatic carbocycles. The number of nitrogens with one attached hydrogen (secondary N) is 1. The number of aromatic amines is 1. The van der Waals surface area contributed by atoms with Gasteiger partial charge in [-0.1, -0.05) is 6.07 Å². The van der Waals surface area contributed by atoms with Crippen molar-refractivity contribution in [1.82, 2.24) is 15.1 Å².